The fraction of sp³-hybridized carbons (Fsp3) is 0.250. The first-order valence-electron chi connectivity index (χ1n) is 10.1. The zero-order valence-electron chi connectivity index (χ0n) is 18.0. The summed E-state index contributed by atoms with van der Waals surface area (Å²) in [6.45, 7) is 0.917. The molecule has 2 heterocycles. The number of benzene rings is 2. The number of aliphatic hydroxyl groups is 1. The molecule has 0 fully saturated rings. The number of fused-ring (bicyclic) bond motifs is 1. The Hall–Kier alpha value is -3.29. The molecule has 1 unspecified atom stereocenters. The van der Waals surface area contributed by atoms with Crippen molar-refractivity contribution in [3.63, 3.8) is 0 Å². The summed E-state index contributed by atoms with van der Waals surface area (Å²) in [5.41, 5.74) is 1.08. The van der Waals surface area contributed by atoms with Crippen molar-refractivity contribution < 1.29 is 23.8 Å². The van der Waals surface area contributed by atoms with Gasteiger partial charge in [0.25, 0.3) is 5.91 Å². The molecule has 0 saturated heterocycles. The van der Waals surface area contributed by atoms with Gasteiger partial charge in [-0.1, -0.05) is 41.9 Å². The van der Waals surface area contributed by atoms with Gasteiger partial charge in [-0.05, 0) is 31.8 Å². The number of ether oxygens (including phenoxy) is 1. The molecule has 166 valence electrons. The van der Waals surface area contributed by atoms with Gasteiger partial charge in [0.2, 0.25) is 5.78 Å². The summed E-state index contributed by atoms with van der Waals surface area (Å²) in [5.74, 6) is -1.33. The Labute approximate surface area is 190 Å². The number of carbonyl (C=O) groups excluding carboxylic acids is 2. The Kier molecular flexibility index (Phi) is 5.95. The second kappa shape index (κ2) is 8.68. The summed E-state index contributed by atoms with van der Waals surface area (Å²) < 4.78 is 11.1. The van der Waals surface area contributed by atoms with Crippen LogP contribution >= 0.6 is 11.6 Å². The van der Waals surface area contributed by atoms with Crippen molar-refractivity contribution in [3.05, 3.63) is 76.2 Å². The van der Waals surface area contributed by atoms with E-state index >= 15 is 0 Å². The minimum atomic E-state index is -0.727. The molecule has 3 aromatic rings. The number of furan rings is 1. The van der Waals surface area contributed by atoms with Gasteiger partial charge in [0.1, 0.15) is 0 Å². The van der Waals surface area contributed by atoms with E-state index in [0.717, 1.165) is 5.56 Å². The Bertz CT molecular complexity index is 1220. The van der Waals surface area contributed by atoms with Gasteiger partial charge in [0.15, 0.2) is 22.9 Å². The van der Waals surface area contributed by atoms with Gasteiger partial charge >= 0.3 is 0 Å². The number of halogens is 1. The lowest BCUT2D eigenvalue weighted by Gasteiger charge is -2.27. The molecule has 8 heteroatoms. The Balaban J connectivity index is 1.80. The normalized spacial score (nSPS) is 16.5. The number of nitrogens with zero attached hydrogens (tertiary/aromatic N) is 2. The van der Waals surface area contributed by atoms with E-state index in [1.54, 1.807) is 18.2 Å². The zero-order valence-corrected chi connectivity index (χ0v) is 18.7. The van der Waals surface area contributed by atoms with Crippen molar-refractivity contribution in [2.75, 3.05) is 34.3 Å². The minimum absolute atomic E-state index is 0.00897. The average Bonchev–Trinajstić information content (AvgIpc) is 3.31. The maximum absolute atomic E-state index is 13.5. The lowest BCUT2D eigenvalue weighted by atomic mass is 9.95. The van der Waals surface area contributed by atoms with Crippen molar-refractivity contribution in [2.45, 2.75) is 6.04 Å². The first-order chi connectivity index (χ1) is 15.3. The molecule has 1 aliphatic rings. The highest BCUT2D eigenvalue weighted by Gasteiger charge is 2.44. The van der Waals surface area contributed by atoms with E-state index in [-0.39, 0.29) is 11.3 Å². The van der Waals surface area contributed by atoms with E-state index in [4.69, 9.17) is 20.8 Å². The Morgan fingerprint density at radius 1 is 1.22 bits per heavy atom. The van der Waals surface area contributed by atoms with Crippen LogP contribution in [0.15, 0.2) is 64.3 Å². The molecule has 1 atom stereocenters. The molecule has 1 aromatic heterocycles. The molecule has 0 aliphatic carbocycles. The van der Waals surface area contributed by atoms with Gasteiger partial charge in [0, 0.05) is 29.6 Å². The highest BCUT2D eigenvalue weighted by Crippen LogP contribution is 2.40. The van der Waals surface area contributed by atoms with Crippen LogP contribution in [0.3, 0.4) is 0 Å². The number of hydrogen-bond acceptors (Lipinski definition) is 6. The van der Waals surface area contributed by atoms with Gasteiger partial charge in [-0.25, -0.2) is 0 Å². The third-order valence-corrected chi connectivity index (χ3v) is 5.66. The van der Waals surface area contributed by atoms with E-state index in [0.29, 0.717) is 34.8 Å². The van der Waals surface area contributed by atoms with Crippen LogP contribution < -0.4 is 4.74 Å². The van der Waals surface area contributed by atoms with Crippen LogP contribution in [0.1, 0.15) is 22.2 Å². The highest BCUT2D eigenvalue weighted by molar-refractivity contribution is 6.31. The molecular weight excluding hydrogens is 432 g/mol. The summed E-state index contributed by atoms with van der Waals surface area (Å²) in [4.78, 5) is 29.9. The molecule has 0 radical (unpaired) electrons. The Morgan fingerprint density at radius 3 is 2.59 bits per heavy atom. The molecule has 1 amide bonds. The van der Waals surface area contributed by atoms with Gasteiger partial charge < -0.3 is 24.1 Å². The molecule has 0 saturated carbocycles. The molecule has 1 N–H and O–H groups in total. The summed E-state index contributed by atoms with van der Waals surface area (Å²) in [6, 6.07) is 13.2. The fourth-order valence-electron chi connectivity index (χ4n) is 3.89. The van der Waals surface area contributed by atoms with Crippen molar-refractivity contribution >= 4 is 34.3 Å². The van der Waals surface area contributed by atoms with E-state index in [1.807, 2.05) is 49.3 Å². The SMILES string of the molecule is COc1cc(Cl)cc2cc(C(=O)C3=C(O)C(=O)N(CCN(C)C)C3c3ccccc3)oc12. The Morgan fingerprint density at radius 2 is 1.94 bits per heavy atom. The van der Waals surface area contributed by atoms with Crippen LogP contribution in [0, 0.1) is 0 Å². The van der Waals surface area contributed by atoms with Gasteiger partial charge in [-0.15, -0.1) is 0 Å². The van der Waals surface area contributed by atoms with Crippen molar-refractivity contribution in [1.82, 2.24) is 9.80 Å². The highest BCUT2D eigenvalue weighted by atomic mass is 35.5. The van der Waals surface area contributed by atoms with Crippen LogP contribution in [0.5, 0.6) is 5.75 Å². The van der Waals surface area contributed by atoms with Gasteiger partial charge in [-0.2, -0.15) is 0 Å². The number of rotatable bonds is 7. The molecular formula is C24H23ClN2O5. The first-order valence-corrected chi connectivity index (χ1v) is 10.4. The summed E-state index contributed by atoms with van der Waals surface area (Å²) in [6.07, 6.45) is 0. The minimum Gasteiger partial charge on any atom is -0.503 e. The maximum atomic E-state index is 13.5. The number of likely N-dealkylation sites (N-methyl/N-ethyl adjacent to an activating group) is 1. The number of hydrogen-bond donors (Lipinski definition) is 1. The lowest BCUT2D eigenvalue weighted by molar-refractivity contribution is -0.129. The number of Topliss-reactive ketones (excluding diaryl/α,β-unsaturated/α-hetero) is 1. The molecule has 0 bridgehead atoms. The monoisotopic (exact) mass is 454 g/mol. The zero-order chi connectivity index (χ0) is 23.0. The maximum Gasteiger partial charge on any atom is 0.290 e. The second-order valence-corrected chi connectivity index (χ2v) is 8.28. The van der Waals surface area contributed by atoms with Gasteiger partial charge in [0.05, 0.1) is 18.7 Å². The van der Waals surface area contributed by atoms with Crippen molar-refractivity contribution in [3.8, 4) is 5.75 Å². The van der Waals surface area contributed by atoms with Crippen molar-refractivity contribution in [1.29, 1.82) is 0 Å². The largest absolute Gasteiger partial charge is 0.503 e. The standard InChI is InChI=1S/C24H23ClN2O5/c1-26(2)9-10-27-20(14-7-5-4-6-8-14)19(22(29)24(27)30)21(28)17-12-15-11-16(25)13-18(31-3)23(15)32-17/h4-8,11-13,20,29H,9-10H2,1-3H3. The number of methoxy groups -OCH3 is 1. The quantitative estimate of drug-likeness (QED) is 0.538. The van der Waals surface area contributed by atoms with Crippen LogP contribution in [-0.4, -0.2) is 60.9 Å². The first kappa shape index (κ1) is 21.9. The smallest absolute Gasteiger partial charge is 0.290 e. The van der Waals surface area contributed by atoms with Crippen LogP contribution in [0.2, 0.25) is 5.02 Å². The predicted octanol–water partition coefficient (Wildman–Crippen LogP) is 4.23. The van der Waals surface area contributed by atoms with Crippen LogP contribution in [0.25, 0.3) is 11.0 Å². The molecule has 2 aromatic carbocycles. The molecule has 4 rings (SSSR count). The third kappa shape index (κ3) is 3.85. The second-order valence-electron chi connectivity index (χ2n) is 7.84. The van der Waals surface area contributed by atoms with E-state index in [2.05, 4.69) is 0 Å². The molecule has 7 nitrogen and oxygen atoms in total. The predicted molar refractivity (Wildman–Crippen MR) is 121 cm³/mol. The summed E-state index contributed by atoms with van der Waals surface area (Å²) in [7, 11) is 5.27. The van der Waals surface area contributed by atoms with E-state index in [1.165, 1.54) is 12.0 Å². The van der Waals surface area contributed by atoms with Crippen LogP contribution in [0.4, 0.5) is 0 Å². The lowest BCUT2D eigenvalue weighted by Crippen LogP contribution is -2.36. The number of carbonyl (C=O) groups is 2. The number of aliphatic hydroxyl groups excluding tert-OH is 1. The third-order valence-electron chi connectivity index (χ3n) is 5.44. The summed E-state index contributed by atoms with van der Waals surface area (Å²) in [5, 5.41) is 11.8. The number of amides is 1. The number of ketones is 1. The molecule has 1 aliphatic heterocycles. The van der Waals surface area contributed by atoms with Crippen LogP contribution in [-0.2, 0) is 4.79 Å². The average molecular weight is 455 g/mol. The van der Waals surface area contributed by atoms with E-state index in [9.17, 15) is 14.7 Å². The fourth-order valence-corrected chi connectivity index (χ4v) is 4.10. The van der Waals surface area contributed by atoms with Gasteiger partial charge in [-0.3, -0.25) is 9.59 Å². The van der Waals surface area contributed by atoms with E-state index < -0.39 is 23.5 Å². The summed E-state index contributed by atoms with van der Waals surface area (Å²) >= 11 is 6.13. The molecule has 0 spiro atoms. The van der Waals surface area contributed by atoms with Crippen molar-refractivity contribution in [2.24, 2.45) is 0 Å². The topological polar surface area (TPSA) is 83.2 Å². The molecule has 32 heavy (non-hydrogen) atoms.